The number of carbonyl (C=O) groups excluding carboxylic acids is 3. The van der Waals surface area contributed by atoms with Crippen molar-refractivity contribution in [2.75, 3.05) is 0 Å². The van der Waals surface area contributed by atoms with Gasteiger partial charge in [-0.05, 0) is 31.2 Å². The van der Waals surface area contributed by atoms with E-state index in [0.29, 0.717) is 16.4 Å². The average molecular weight is 322 g/mol. The van der Waals surface area contributed by atoms with Gasteiger partial charge in [0.25, 0.3) is 11.8 Å². The molecule has 0 spiro atoms. The molecular weight excluding hydrogens is 312 g/mol. The lowest BCUT2D eigenvalue weighted by atomic mass is 10.1. The molecule has 3 aromatic rings. The lowest BCUT2D eigenvalue weighted by molar-refractivity contribution is -0.0590. The zero-order valence-corrected chi connectivity index (χ0v) is 12.5. The van der Waals surface area contributed by atoms with Gasteiger partial charge in [-0.25, -0.2) is 14.3 Å². The number of imide groups is 1. The van der Waals surface area contributed by atoms with Crippen molar-refractivity contribution >= 4 is 23.4 Å². The Kier molecular flexibility index (Phi) is 2.92. The molecule has 3 heterocycles. The Balaban J connectivity index is 1.69. The molecule has 2 aromatic heterocycles. The lowest BCUT2D eigenvalue weighted by Crippen LogP contribution is -2.33. The highest BCUT2D eigenvalue weighted by molar-refractivity contribution is 6.21. The first kappa shape index (κ1) is 14.1. The van der Waals surface area contributed by atoms with Crippen molar-refractivity contribution < 1.29 is 19.2 Å². The minimum absolute atomic E-state index is 0.0576. The number of aryl methyl sites for hydroxylation is 1. The van der Waals surface area contributed by atoms with Crippen LogP contribution in [0.4, 0.5) is 0 Å². The van der Waals surface area contributed by atoms with Crippen LogP contribution in [0.25, 0.3) is 5.65 Å². The molecule has 0 aliphatic carbocycles. The van der Waals surface area contributed by atoms with Crippen LogP contribution in [0.2, 0.25) is 0 Å². The number of carbonyl (C=O) groups is 3. The van der Waals surface area contributed by atoms with Crippen molar-refractivity contribution in [3.8, 4) is 0 Å². The minimum Gasteiger partial charge on any atom is -0.322 e. The van der Waals surface area contributed by atoms with Gasteiger partial charge in [0.15, 0.2) is 11.3 Å². The van der Waals surface area contributed by atoms with Crippen molar-refractivity contribution in [1.29, 1.82) is 0 Å². The Hall–Kier alpha value is -3.55. The average Bonchev–Trinajstić information content (AvgIpc) is 3.04. The van der Waals surface area contributed by atoms with E-state index in [2.05, 4.69) is 10.1 Å². The van der Waals surface area contributed by atoms with Crippen molar-refractivity contribution in [3.05, 3.63) is 65.1 Å². The molecule has 0 saturated carbocycles. The van der Waals surface area contributed by atoms with E-state index < -0.39 is 17.8 Å². The molecule has 118 valence electrons. The minimum atomic E-state index is -0.881. The first-order chi connectivity index (χ1) is 11.6. The first-order valence-electron chi connectivity index (χ1n) is 7.08. The van der Waals surface area contributed by atoms with Gasteiger partial charge in [0, 0.05) is 6.20 Å². The number of amides is 2. The summed E-state index contributed by atoms with van der Waals surface area (Å²) < 4.78 is 1.30. The number of benzene rings is 1. The predicted octanol–water partition coefficient (Wildman–Crippen LogP) is 1.41. The summed E-state index contributed by atoms with van der Waals surface area (Å²) in [6.07, 6.45) is 1.49. The summed E-state index contributed by atoms with van der Waals surface area (Å²) in [7, 11) is 0. The number of aromatic nitrogens is 3. The van der Waals surface area contributed by atoms with Gasteiger partial charge in [-0.15, -0.1) is 0 Å². The van der Waals surface area contributed by atoms with E-state index in [1.165, 1.54) is 22.8 Å². The van der Waals surface area contributed by atoms with E-state index >= 15 is 0 Å². The van der Waals surface area contributed by atoms with E-state index in [1.807, 2.05) is 0 Å². The van der Waals surface area contributed by atoms with Crippen LogP contribution < -0.4 is 0 Å². The second-order valence-corrected chi connectivity index (χ2v) is 5.17. The number of rotatable bonds is 2. The second kappa shape index (κ2) is 4.98. The summed E-state index contributed by atoms with van der Waals surface area (Å²) in [5.74, 6) is -2.24. The third kappa shape index (κ3) is 1.89. The molecule has 0 bridgehead atoms. The SMILES string of the molecule is Cc1nc2cccnn2c1C(=O)ON1C(=O)c2ccccc2C1=O. The van der Waals surface area contributed by atoms with Crippen LogP contribution in [0, 0.1) is 6.92 Å². The Morgan fingerprint density at radius 2 is 1.71 bits per heavy atom. The number of fused-ring (bicyclic) bond motifs is 2. The third-order valence-corrected chi connectivity index (χ3v) is 3.69. The molecule has 0 fully saturated rings. The molecule has 2 amide bonds. The Bertz CT molecular complexity index is 989. The first-order valence-corrected chi connectivity index (χ1v) is 7.08. The normalized spacial score (nSPS) is 13.5. The van der Waals surface area contributed by atoms with Gasteiger partial charge in [0.1, 0.15) is 0 Å². The van der Waals surface area contributed by atoms with Gasteiger partial charge in [-0.2, -0.15) is 5.10 Å². The predicted molar refractivity (Wildman–Crippen MR) is 80.1 cm³/mol. The number of imidazole rings is 1. The van der Waals surface area contributed by atoms with Gasteiger partial charge in [-0.1, -0.05) is 17.2 Å². The third-order valence-electron chi connectivity index (χ3n) is 3.69. The van der Waals surface area contributed by atoms with E-state index in [0.717, 1.165) is 0 Å². The molecule has 0 radical (unpaired) electrons. The van der Waals surface area contributed by atoms with Crippen LogP contribution in [-0.2, 0) is 4.84 Å². The zero-order chi connectivity index (χ0) is 16.8. The van der Waals surface area contributed by atoms with Crippen molar-refractivity contribution in [2.45, 2.75) is 6.92 Å². The Labute approximate surface area is 135 Å². The summed E-state index contributed by atoms with van der Waals surface area (Å²) in [5, 5.41) is 4.51. The highest BCUT2D eigenvalue weighted by Crippen LogP contribution is 2.23. The highest BCUT2D eigenvalue weighted by atomic mass is 16.7. The molecule has 0 atom stereocenters. The summed E-state index contributed by atoms with van der Waals surface area (Å²) in [4.78, 5) is 46.2. The topological polar surface area (TPSA) is 93.9 Å². The summed E-state index contributed by atoms with van der Waals surface area (Å²) in [6.45, 7) is 1.62. The maximum atomic E-state index is 12.5. The molecule has 8 nitrogen and oxygen atoms in total. The number of hydrogen-bond donors (Lipinski definition) is 0. The Morgan fingerprint density at radius 3 is 2.38 bits per heavy atom. The summed E-state index contributed by atoms with van der Waals surface area (Å²) in [6, 6.07) is 9.64. The van der Waals surface area contributed by atoms with E-state index in [1.54, 1.807) is 31.2 Å². The van der Waals surface area contributed by atoms with E-state index in [9.17, 15) is 14.4 Å². The second-order valence-electron chi connectivity index (χ2n) is 5.17. The molecular formula is C16H10N4O4. The number of nitrogens with zero attached hydrogens (tertiary/aromatic N) is 4. The van der Waals surface area contributed by atoms with E-state index in [-0.39, 0.29) is 16.8 Å². The molecule has 1 aliphatic rings. The molecule has 24 heavy (non-hydrogen) atoms. The number of hydroxylamine groups is 2. The molecule has 0 N–H and O–H groups in total. The zero-order valence-electron chi connectivity index (χ0n) is 12.5. The molecule has 0 unspecified atom stereocenters. The summed E-state index contributed by atoms with van der Waals surface area (Å²) >= 11 is 0. The van der Waals surface area contributed by atoms with Gasteiger partial charge in [0.2, 0.25) is 0 Å². The van der Waals surface area contributed by atoms with Crippen LogP contribution in [0.5, 0.6) is 0 Å². The molecule has 0 saturated heterocycles. The molecule has 8 heteroatoms. The fraction of sp³-hybridized carbons (Fsp3) is 0.0625. The maximum Gasteiger partial charge on any atom is 0.384 e. The van der Waals surface area contributed by atoms with Crippen LogP contribution >= 0.6 is 0 Å². The van der Waals surface area contributed by atoms with Crippen LogP contribution in [0.15, 0.2) is 42.6 Å². The molecule has 1 aromatic carbocycles. The highest BCUT2D eigenvalue weighted by Gasteiger charge is 2.39. The van der Waals surface area contributed by atoms with Gasteiger partial charge in [-0.3, -0.25) is 9.59 Å². The smallest absolute Gasteiger partial charge is 0.322 e. The molecule has 1 aliphatic heterocycles. The van der Waals surface area contributed by atoms with Crippen LogP contribution in [-0.4, -0.2) is 37.4 Å². The van der Waals surface area contributed by atoms with Gasteiger partial charge < -0.3 is 4.84 Å². The van der Waals surface area contributed by atoms with Gasteiger partial charge >= 0.3 is 5.97 Å². The largest absolute Gasteiger partial charge is 0.384 e. The lowest BCUT2D eigenvalue weighted by Gasteiger charge is -2.12. The van der Waals surface area contributed by atoms with E-state index in [4.69, 9.17) is 4.84 Å². The van der Waals surface area contributed by atoms with Crippen LogP contribution in [0.1, 0.15) is 36.9 Å². The van der Waals surface area contributed by atoms with Crippen LogP contribution in [0.3, 0.4) is 0 Å². The standard InChI is InChI=1S/C16H10N4O4/c1-9-13(19-12(18-9)7-4-8-17-19)16(23)24-20-14(21)10-5-2-3-6-11(10)15(20)22/h2-8H,1H3. The fourth-order valence-electron chi connectivity index (χ4n) is 2.61. The Morgan fingerprint density at radius 1 is 1.04 bits per heavy atom. The molecule has 4 rings (SSSR count). The van der Waals surface area contributed by atoms with Gasteiger partial charge in [0.05, 0.1) is 16.8 Å². The fourth-order valence-corrected chi connectivity index (χ4v) is 2.61. The maximum absolute atomic E-state index is 12.5. The summed E-state index contributed by atoms with van der Waals surface area (Å²) in [5.41, 5.74) is 1.30. The van der Waals surface area contributed by atoms with Crippen molar-refractivity contribution in [1.82, 2.24) is 19.7 Å². The van der Waals surface area contributed by atoms with Crippen molar-refractivity contribution in [2.24, 2.45) is 0 Å². The quantitative estimate of drug-likeness (QED) is 0.662. The number of hydrogen-bond acceptors (Lipinski definition) is 6. The monoisotopic (exact) mass is 322 g/mol. The van der Waals surface area contributed by atoms with Crippen molar-refractivity contribution in [3.63, 3.8) is 0 Å².